The predicted octanol–water partition coefficient (Wildman–Crippen LogP) is 3.90. The largest absolute Gasteiger partial charge is 0.338 e. The standard InChI is InChI=1S/C17H22N2O2/c1-13(20)15-8-5-9-16(12-15)19-17(21)18-11-10-14-6-3-2-4-7-14/h5-6,8-9,12H,2-4,7,10-11H2,1H3,(H2,18,19,21). The molecule has 0 heterocycles. The molecule has 1 aromatic carbocycles. The number of benzene rings is 1. The van der Waals surface area contributed by atoms with Crippen molar-refractivity contribution >= 4 is 17.5 Å². The smallest absolute Gasteiger partial charge is 0.319 e. The molecule has 0 spiro atoms. The van der Waals surface area contributed by atoms with Gasteiger partial charge in [0.2, 0.25) is 0 Å². The first-order valence-corrected chi connectivity index (χ1v) is 7.49. The van der Waals surface area contributed by atoms with Gasteiger partial charge in [0.25, 0.3) is 0 Å². The average molecular weight is 286 g/mol. The Hall–Kier alpha value is -2.10. The van der Waals surface area contributed by atoms with Gasteiger partial charge in [-0.3, -0.25) is 4.79 Å². The SMILES string of the molecule is CC(=O)c1cccc(NC(=O)NCCC2=CCCCC2)c1. The average Bonchev–Trinajstić information content (AvgIpc) is 2.48. The summed E-state index contributed by atoms with van der Waals surface area (Å²) in [6, 6.07) is 6.73. The summed E-state index contributed by atoms with van der Waals surface area (Å²) >= 11 is 0. The third-order valence-corrected chi connectivity index (χ3v) is 3.64. The predicted molar refractivity (Wildman–Crippen MR) is 84.6 cm³/mol. The Balaban J connectivity index is 1.77. The van der Waals surface area contributed by atoms with Crippen molar-refractivity contribution in [1.29, 1.82) is 0 Å². The number of amides is 2. The van der Waals surface area contributed by atoms with Gasteiger partial charge in [-0.2, -0.15) is 0 Å². The van der Waals surface area contributed by atoms with Crippen LogP contribution < -0.4 is 10.6 Å². The molecule has 0 unspecified atom stereocenters. The highest BCUT2D eigenvalue weighted by Gasteiger charge is 2.06. The van der Waals surface area contributed by atoms with Crippen molar-refractivity contribution in [3.63, 3.8) is 0 Å². The van der Waals surface area contributed by atoms with Crippen LogP contribution in [0.2, 0.25) is 0 Å². The van der Waals surface area contributed by atoms with Crippen molar-refractivity contribution in [3.05, 3.63) is 41.5 Å². The molecule has 4 nitrogen and oxygen atoms in total. The summed E-state index contributed by atoms with van der Waals surface area (Å²) in [6.07, 6.45) is 8.07. The van der Waals surface area contributed by atoms with Crippen LogP contribution in [0.4, 0.5) is 10.5 Å². The molecule has 1 aliphatic rings. The van der Waals surface area contributed by atoms with Crippen LogP contribution in [0.5, 0.6) is 0 Å². The van der Waals surface area contributed by atoms with Gasteiger partial charge in [-0.05, 0) is 51.2 Å². The van der Waals surface area contributed by atoms with E-state index in [0.717, 1.165) is 12.8 Å². The van der Waals surface area contributed by atoms with Crippen LogP contribution in [-0.2, 0) is 0 Å². The van der Waals surface area contributed by atoms with E-state index in [4.69, 9.17) is 0 Å². The lowest BCUT2D eigenvalue weighted by Crippen LogP contribution is -2.29. The van der Waals surface area contributed by atoms with Gasteiger partial charge in [-0.1, -0.05) is 23.8 Å². The molecule has 0 fully saturated rings. The molecular weight excluding hydrogens is 264 g/mol. The van der Waals surface area contributed by atoms with E-state index < -0.39 is 0 Å². The number of hydrogen-bond acceptors (Lipinski definition) is 2. The maximum atomic E-state index is 11.8. The molecule has 0 saturated carbocycles. The molecule has 2 rings (SSSR count). The van der Waals surface area contributed by atoms with Crippen molar-refractivity contribution in [3.8, 4) is 0 Å². The van der Waals surface area contributed by atoms with Gasteiger partial charge in [0.15, 0.2) is 5.78 Å². The first-order chi connectivity index (χ1) is 10.1. The number of carbonyl (C=O) groups excluding carboxylic acids is 2. The lowest BCUT2D eigenvalue weighted by Gasteiger charge is -2.13. The van der Waals surface area contributed by atoms with Gasteiger partial charge in [-0.15, -0.1) is 0 Å². The van der Waals surface area contributed by atoms with Crippen LogP contribution >= 0.6 is 0 Å². The van der Waals surface area contributed by atoms with E-state index in [9.17, 15) is 9.59 Å². The van der Waals surface area contributed by atoms with Gasteiger partial charge in [0.05, 0.1) is 0 Å². The van der Waals surface area contributed by atoms with Gasteiger partial charge in [0.1, 0.15) is 0 Å². The summed E-state index contributed by atoms with van der Waals surface area (Å²) in [4.78, 5) is 23.1. The Kier molecular flexibility index (Phi) is 5.55. The number of nitrogens with one attached hydrogen (secondary N) is 2. The lowest BCUT2D eigenvalue weighted by molar-refractivity contribution is 0.101. The minimum atomic E-state index is -0.230. The Morgan fingerprint density at radius 1 is 1.24 bits per heavy atom. The van der Waals surface area contributed by atoms with Gasteiger partial charge >= 0.3 is 6.03 Å². The van der Waals surface area contributed by atoms with Crippen LogP contribution in [-0.4, -0.2) is 18.4 Å². The van der Waals surface area contributed by atoms with E-state index in [1.165, 1.54) is 31.8 Å². The highest BCUT2D eigenvalue weighted by atomic mass is 16.2. The first-order valence-electron chi connectivity index (χ1n) is 7.49. The Bertz CT molecular complexity index is 549. The third-order valence-electron chi connectivity index (χ3n) is 3.64. The normalized spacial score (nSPS) is 14.2. The zero-order chi connectivity index (χ0) is 15.1. The van der Waals surface area contributed by atoms with Crippen molar-refractivity contribution in [1.82, 2.24) is 5.32 Å². The fourth-order valence-electron chi connectivity index (χ4n) is 2.46. The number of rotatable bonds is 5. The summed E-state index contributed by atoms with van der Waals surface area (Å²) < 4.78 is 0. The Morgan fingerprint density at radius 2 is 2.10 bits per heavy atom. The first kappa shape index (κ1) is 15.3. The van der Waals surface area contributed by atoms with Crippen molar-refractivity contribution < 1.29 is 9.59 Å². The number of hydrogen-bond donors (Lipinski definition) is 2. The molecular formula is C17H22N2O2. The van der Waals surface area contributed by atoms with Crippen LogP contribution in [0.3, 0.4) is 0 Å². The number of carbonyl (C=O) groups is 2. The van der Waals surface area contributed by atoms with Crippen molar-refractivity contribution in [2.75, 3.05) is 11.9 Å². The van der Waals surface area contributed by atoms with E-state index in [0.29, 0.717) is 17.8 Å². The summed E-state index contributed by atoms with van der Waals surface area (Å²) in [5.41, 5.74) is 2.68. The van der Waals surface area contributed by atoms with E-state index in [1.807, 2.05) is 0 Å². The monoisotopic (exact) mass is 286 g/mol. The maximum Gasteiger partial charge on any atom is 0.319 e. The fourth-order valence-corrected chi connectivity index (χ4v) is 2.46. The Morgan fingerprint density at radius 3 is 2.81 bits per heavy atom. The molecule has 0 radical (unpaired) electrons. The second kappa shape index (κ2) is 7.62. The van der Waals surface area contributed by atoms with Crippen LogP contribution in [0.25, 0.3) is 0 Å². The topological polar surface area (TPSA) is 58.2 Å². The highest BCUT2D eigenvalue weighted by Crippen LogP contribution is 2.19. The fraction of sp³-hybridized carbons (Fsp3) is 0.412. The van der Waals surface area contributed by atoms with Crippen LogP contribution in [0, 0.1) is 0 Å². The summed E-state index contributed by atoms with van der Waals surface area (Å²) in [7, 11) is 0. The Labute approximate surface area is 125 Å². The number of Topliss-reactive ketones (excluding diaryl/α,β-unsaturated/α-hetero) is 1. The number of urea groups is 1. The molecule has 112 valence electrons. The molecule has 2 amide bonds. The third kappa shape index (κ3) is 5.06. The van der Waals surface area contributed by atoms with E-state index in [-0.39, 0.29) is 11.8 Å². The molecule has 0 atom stereocenters. The molecule has 1 aliphatic carbocycles. The molecule has 21 heavy (non-hydrogen) atoms. The van der Waals surface area contributed by atoms with Gasteiger partial charge in [-0.25, -0.2) is 4.79 Å². The number of anilines is 1. The van der Waals surface area contributed by atoms with E-state index in [1.54, 1.807) is 24.3 Å². The summed E-state index contributed by atoms with van der Waals surface area (Å²) in [6.45, 7) is 2.15. The van der Waals surface area contributed by atoms with Crippen molar-refractivity contribution in [2.45, 2.75) is 39.0 Å². The summed E-state index contributed by atoms with van der Waals surface area (Å²) in [5.74, 6) is -0.0108. The van der Waals surface area contributed by atoms with Crippen molar-refractivity contribution in [2.24, 2.45) is 0 Å². The number of ketones is 1. The zero-order valence-electron chi connectivity index (χ0n) is 12.4. The molecule has 2 N–H and O–H groups in total. The second-order valence-corrected chi connectivity index (χ2v) is 5.38. The molecule has 0 bridgehead atoms. The zero-order valence-corrected chi connectivity index (χ0v) is 12.4. The maximum absolute atomic E-state index is 11.8. The molecule has 0 aliphatic heterocycles. The van der Waals surface area contributed by atoms with E-state index >= 15 is 0 Å². The highest BCUT2D eigenvalue weighted by molar-refractivity contribution is 5.96. The summed E-state index contributed by atoms with van der Waals surface area (Å²) in [5, 5.41) is 5.60. The lowest BCUT2D eigenvalue weighted by atomic mass is 9.97. The second-order valence-electron chi connectivity index (χ2n) is 5.38. The molecule has 0 aromatic heterocycles. The number of allylic oxidation sites excluding steroid dienone is 1. The quantitative estimate of drug-likeness (QED) is 0.637. The minimum Gasteiger partial charge on any atom is -0.338 e. The molecule has 4 heteroatoms. The van der Waals surface area contributed by atoms with Crippen LogP contribution in [0.1, 0.15) is 49.4 Å². The van der Waals surface area contributed by atoms with Gasteiger partial charge in [0, 0.05) is 17.8 Å². The van der Waals surface area contributed by atoms with Gasteiger partial charge < -0.3 is 10.6 Å². The minimum absolute atomic E-state index is 0.0108. The van der Waals surface area contributed by atoms with E-state index in [2.05, 4.69) is 16.7 Å². The molecule has 1 aromatic rings. The molecule has 0 saturated heterocycles. The van der Waals surface area contributed by atoms with Crippen LogP contribution in [0.15, 0.2) is 35.9 Å².